The summed E-state index contributed by atoms with van der Waals surface area (Å²) in [6.07, 6.45) is 9.68. The van der Waals surface area contributed by atoms with Crippen molar-refractivity contribution in [3.63, 3.8) is 0 Å². The molecule has 120 valence electrons. The quantitative estimate of drug-likeness (QED) is 0.656. The van der Waals surface area contributed by atoms with E-state index in [4.69, 9.17) is 4.74 Å². The van der Waals surface area contributed by atoms with Gasteiger partial charge in [0.2, 0.25) is 0 Å². The Hall–Kier alpha value is -0.0800. The Morgan fingerprint density at radius 3 is 2.45 bits per heavy atom. The van der Waals surface area contributed by atoms with Crippen LogP contribution in [0.1, 0.15) is 72.6 Å². The minimum atomic E-state index is 0.247. The van der Waals surface area contributed by atoms with Gasteiger partial charge in [-0.1, -0.05) is 26.2 Å². The number of hydrogen-bond acceptors (Lipinski definition) is 2. The van der Waals surface area contributed by atoms with Crippen LogP contribution in [0.5, 0.6) is 0 Å². The molecule has 0 aromatic rings. The molecule has 0 aromatic carbocycles. The van der Waals surface area contributed by atoms with Gasteiger partial charge >= 0.3 is 0 Å². The second-order valence-corrected chi connectivity index (χ2v) is 7.75. The van der Waals surface area contributed by atoms with Gasteiger partial charge in [0.1, 0.15) is 0 Å². The van der Waals surface area contributed by atoms with Gasteiger partial charge in [0.05, 0.1) is 0 Å². The molecule has 3 atom stereocenters. The molecule has 0 aromatic heterocycles. The molecule has 0 saturated heterocycles. The van der Waals surface area contributed by atoms with E-state index in [0.29, 0.717) is 0 Å². The van der Waals surface area contributed by atoms with Crippen LogP contribution in [0.4, 0.5) is 0 Å². The van der Waals surface area contributed by atoms with E-state index in [1.807, 2.05) is 7.11 Å². The van der Waals surface area contributed by atoms with Gasteiger partial charge in [-0.15, -0.1) is 0 Å². The van der Waals surface area contributed by atoms with Crippen LogP contribution in [0.15, 0.2) is 0 Å². The zero-order valence-electron chi connectivity index (χ0n) is 14.5. The molecule has 0 heterocycles. The minimum absolute atomic E-state index is 0.247. The maximum absolute atomic E-state index is 5.24. The predicted octanol–water partition coefficient (Wildman–Crippen LogP) is 4.63. The number of hydrogen-bond donors (Lipinski definition) is 1. The summed E-state index contributed by atoms with van der Waals surface area (Å²) in [7, 11) is 1.82. The highest BCUT2D eigenvalue weighted by atomic mass is 16.5. The summed E-state index contributed by atoms with van der Waals surface area (Å²) >= 11 is 0. The van der Waals surface area contributed by atoms with E-state index in [-0.39, 0.29) is 5.54 Å². The molecular weight excluding hydrogens is 246 g/mol. The van der Waals surface area contributed by atoms with E-state index in [1.165, 1.54) is 51.5 Å². The van der Waals surface area contributed by atoms with Crippen LogP contribution in [-0.4, -0.2) is 25.8 Å². The number of methoxy groups -OCH3 is 1. The summed E-state index contributed by atoms with van der Waals surface area (Å²) in [5.41, 5.74) is 0.247. The molecule has 1 N–H and O–H groups in total. The molecule has 1 aliphatic rings. The monoisotopic (exact) mass is 283 g/mol. The van der Waals surface area contributed by atoms with E-state index in [9.17, 15) is 0 Å². The fourth-order valence-electron chi connectivity index (χ4n) is 3.64. The highest BCUT2D eigenvalue weighted by Crippen LogP contribution is 2.38. The highest BCUT2D eigenvalue weighted by molar-refractivity contribution is 4.83. The molecule has 0 amide bonds. The average Bonchev–Trinajstić information content (AvgIpc) is 2.37. The van der Waals surface area contributed by atoms with Crippen LogP contribution in [-0.2, 0) is 4.74 Å². The largest absolute Gasteiger partial charge is 0.385 e. The van der Waals surface area contributed by atoms with Gasteiger partial charge in [0.25, 0.3) is 0 Å². The van der Waals surface area contributed by atoms with Gasteiger partial charge in [-0.2, -0.15) is 0 Å². The molecule has 2 nitrogen and oxygen atoms in total. The first-order chi connectivity index (χ1) is 9.46. The lowest BCUT2D eigenvalue weighted by Gasteiger charge is -2.38. The molecule has 0 aliphatic heterocycles. The van der Waals surface area contributed by atoms with E-state index < -0.39 is 0 Å². The molecule has 3 unspecified atom stereocenters. The number of rotatable bonds is 8. The third-order valence-corrected chi connectivity index (χ3v) is 4.76. The van der Waals surface area contributed by atoms with Crippen molar-refractivity contribution in [1.29, 1.82) is 0 Å². The van der Waals surface area contributed by atoms with Gasteiger partial charge in [0.15, 0.2) is 0 Å². The van der Waals surface area contributed by atoms with Gasteiger partial charge in [-0.25, -0.2) is 0 Å². The molecule has 0 bridgehead atoms. The summed E-state index contributed by atoms with van der Waals surface area (Å²) in [4.78, 5) is 0. The van der Waals surface area contributed by atoms with Crippen molar-refractivity contribution in [2.45, 2.75) is 78.2 Å². The van der Waals surface area contributed by atoms with Crippen molar-refractivity contribution in [2.24, 2.45) is 17.8 Å². The topological polar surface area (TPSA) is 21.3 Å². The maximum Gasteiger partial charge on any atom is 0.0462 e. The third-order valence-electron chi connectivity index (χ3n) is 4.76. The molecule has 2 heteroatoms. The minimum Gasteiger partial charge on any atom is -0.385 e. The van der Waals surface area contributed by atoms with Crippen LogP contribution in [0.2, 0.25) is 0 Å². The fraction of sp³-hybridized carbons (Fsp3) is 1.00. The summed E-state index contributed by atoms with van der Waals surface area (Å²) in [6.45, 7) is 11.3. The van der Waals surface area contributed by atoms with E-state index in [1.54, 1.807) is 0 Å². The van der Waals surface area contributed by atoms with Crippen molar-refractivity contribution in [2.75, 3.05) is 20.3 Å². The molecular formula is C18H37NO. The third kappa shape index (κ3) is 7.08. The Morgan fingerprint density at radius 1 is 1.10 bits per heavy atom. The van der Waals surface area contributed by atoms with Crippen molar-refractivity contribution < 1.29 is 4.74 Å². The smallest absolute Gasteiger partial charge is 0.0462 e. The molecule has 1 aliphatic carbocycles. The summed E-state index contributed by atoms with van der Waals surface area (Å²) in [6, 6.07) is 0. The fourth-order valence-corrected chi connectivity index (χ4v) is 3.64. The van der Waals surface area contributed by atoms with E-state index in [2.05, 4.69) is 33.0 Å². The summed E-state index contributed by atoms with van der Waals surface area (Å²) in [5.74, 6) is 2.77. The number of nitrogens with one attached hydrogen (secondary N) is 1. The number of ether oxygens (including phenoxy) is 1. The first kappa shape index (κ1) is 18.0. The van der Waals surface area contributed by atoms with Gasteiger partial charge in [-0.3, -0.25) is 0 Å². The summed E-state index contributed by atoms with van der Waals surface area (Å²) in [5, 5.41) is 3.73. The first-order valence-corrected chi connectivity index (χ1v) is 8.70. The van der Waals surface area contributed by atoms with Crippen LogP contribution in [0.3, 0.4) is 0 Å². The van der Waals surface area contributed by atoms with Crippen LogP contribution < -0.4 is 5.32 Å². The lowest BCUT2D eigenvalue weighted by Crippen LogP contribution is -2.42. The van der Waals surface area contributed by atoms with Crippen molar-refractivity contribution >= 4 is 0 Å². The standard InChI is InChI=1S/C18H37NO/c1-6-8-15-10-11-17(14-19-18(2,3)4)16(13-15)9-7-12-20-5/h15-17,19H,6-14H2,1-5H3. The lowest BCUT2D eigenvalue weighted by molar-refractivity contribution is 0.131. The molecule has 1 saturated carbocycles. The Morgan fingerprint density at radius 2 is 1.85 bits per heavy atom. The molecule has 1 fully saturated rings. The second-order valence-electron chi connectivity index (χ2n) is 7.75. The average molecular weight is 284 g/mol. The van der Waals surface area contributed by atoms with Crippen LogP contribution >= 0.6 is 0 Å². The molecule has 0 radical (unpaired) electrons. The maximum atomic E-state index is 5.24. The van der Waals surface area contributed by atoms with Crippen molar-refractivity contribution in [3.05, 3.63) is 0 Å². The van der Waals surface area contributed by atoms with Gasteiger partial charge in [-0.05, 0) is 70.8 Å². The molecule has 1 rings (SSSR count). The van der Waals surface area contributed by atoms with Crippen molar-refractivity contribution in [1.82, 2.24) is 5.32 Å². The van der Waals surface area contributed by atoms with E-state index >= 15 is 0 Å². The van der Waals surface area contributed by atoms with Crippen LogP contribution in [0.25, 0.3) is 0 Å². The molecule has 20 heavy (non-hydrogen) atoms. The second kappa shape index (κ2) is 9.04. The zero-order valence-corrected chi connectivity index (χ0v) is 14.5. The van der Waals surface area contributed by atoms with Crippen molar-refractivity contribution in [3.8, 4) is 0 Å². The first-order valence-electron chi connectivity index (χ1n) is 8.70. The Bertz CT molecular complexity index is 246. The van der Waals surface area contributed by atoms with Gasteiger partial charge in [0, 0.05) is 19.3 Å². The predicted molar refractivity (Wildman–Crippen MR) is 88.1 cm³/mol. The Labute approximate surface area is 127 Å². The summed E-state index contributed by atoms with van der Waals surface area (Å²) < 4.78 is 5.24. The Balaban J connectivity index is 2.47. The SMILES string of the molecule is CCCC1CCC(CNC(C)(C)C)C(CCCOC)C1. The lowest BCUT2D eigenvalue weighted by atomic mass is 9.71. The Kier molecular flexibility index (Phi) is 8.13. The highest BCUT2D eigenvalue weighted by Gasteiger charge is 2.30. The zero-order chi connectivity index (χ0) is 15.0. The van der Waals surface area contributed by atoms with Gasteiger partial charge < -0.3 is 10.1 Å². The molecule has 0 spiro atoms. The van der Waals surface area contributed by atoms with E-state index in [0.717, 1.165) is 24.4 Å². The van der Waals surface area contributed by atoms with Crippen LogP contribution in [0, 0.1) is 17.8 Å². The normalized spacial score (nSPS) is 27.8.